The van der Waals surface area contributed by atoms with Gasteiger partial charge in [0.15, 0.2) is 0 Å². The molecular formula is C10H12N2S. The van der Waals surface area contributed by atoms with Gasteiger partial charge in [-0.25, -0.2) is 0 Å². The van der Waals surface area contributed by atoms with E-state index in [0.717, 1.165) is 11.3 Å². The Labute approximate surface area is 82.7 Å². The highest BCUT2D eigenvalue weighted by atomic mass is 32.2. The van der Waals surface area contributed by atoms with E-state index < -0.39 is 0 Å². The molecule has 0 saturated heterocycles. The molecule has 0 fully saturated rings. The van der Waals surface area contributed by atoms with Crippen LogP contribution in [0.25, 0.3) is 0 Å². The van der Waals surface area contributed by atoms with Gasteiger partial charge in [0.05, 0.1) is 11.6 Å². The molecule has 1 aromatic rings. The summed E-state index contributed by atoms with van der Waals surface area (Å²) in [5, 5.41) is 8.68. The third-order valence-electron chi connectivity index (χ3n) is 1.71. The minimum atomic E-state index is 0.498. The second kappa shape index (κ2) is 4.90. The molecule has 0 aliphatic heterocycles. The van der Waals surface area contributed by atoms with Gasteiger partial charge in [0, 0.05) is 11.4 Å². The maximum absolute atomic E-state index is 8.68. The highest BCUT2D eigenvalue weighted by molar-refractivity contribution is 7.99. The zero-order valence-electron chi connectivity index (χ0n) is 7.58. The number of nitrogens with two attached hydrogens (primary N) is 1. The predicted molar refractivity (Wildman–Crippen MR) is 55.4 cm³/mol. The summed E-state index contributed by atoms with van der Waals surface area (Å²) in [4.78, 5) is 1.18. The molecule has 1 rings (SSSR count). The van der Waals surface area contributed by atoms with E-state index in [9.17, 15) is 0 Å². The van der Waals surface area contributed by atoms with Crippen molar-refractivity contribution in [3.05, 3.63) is 29.3 Å². The monoisotopic (exact) mass is 192 g/mol. The quantitative estimate of drug-likeness (QED) is 0.746. The van der Waals surface area contributed by atoms with Gasteiger partial charge in [-0.2, -0.15) is 5.26 Å². The molecule has 3 heteroatoms. The summed E-state index contributed by atoms with van der Waals surface area (Å²) in [6.45, 7) is 2.60. The topological polar surface area (TPSA) is 49.8 Å². The SMILES string of the molecule is CCSc1ccc(C#N)cc1CN. The van der Waals surface area contributed by atoms with Crippen LogP contribution in [0.4, 0.5) is 0 Å². The van der Waals surface area contributed by atoms with Crippen molar-refractivity contribution in [2.45, 2.75) is 18.4 Å². The van der Waals surface area contributed by atoms with Gasteiger partial charge in [-0.3, -0.25) is 0 Å². The van der Waals surface area contributed by atoms with Gasteiger partial charge in [-0.15, -0.1) is 11.8 Å². The molecule has 0 saturated carbocycles. The number of nitriles is 1. The Morgan fingerprint density at radius 2 is 2.31 bits per heavy atom. The molecule has 0 atom stereocenters. The Kier molecular flexibility index (Phi) is 3.81. The largest absolute Gasteiger partial charge is 0.326 e. The summed E-state index contributed by atoms with van der Waals surface area (Å²) < 4.78 is 0. The Morgan fingerprint density at radius 1 is 1.54 bits per heavy atom. The molecule has 0 bridgehead atoms. The lowest BCUT2D eigenvalue weighted by molar-refractivity contribution is 1.02. The van der Waals surface area contributed by atoms with Crippen LogP contribution in [0.15, 0.2) is 23.1 Å². The molecule has 1 aromatic carbocycles. The van der Waals surface area contributed by atoms with Crippen LogP contribution in [0.5, 0.6) is 0 Å². The third-order valence-corrected chi connectivity index (χ3v) is 2.71. The van der Waals surface area contributed by atoms with E-state index in [1.165, 1.54) is 4.90 Å². The standard InChI is InChI=1S/C10H12N2S/c1-2-13-10-4-3-8(6-11)5-9(10)7-12/h3-5H,2,7,12H2,1H3. The Morgan fingerprint density at radius 3 is 2.85 bits per heavy atom. The van der Waals surface area contributed by atoms with Gasteiger partial charge in [-0.05, 0) is 29.5 Å². The maximum Gasteiger partial charge on any atom is 0.0991 e. The molecule has 0 aromatic heterocycles. The molecule has 13 heavy (non-hydrogen) atoms. The van der Waals surface area contributed by atoms with Crippen molar-refractivity contribution in [3.63, 3.8) is 0 Å². The molecule has 2 nitrogen and oxygen atoms in total. The molecule has 0 spiro atoms. The molecule has 0 amide bonds. The van der Waals surface area contributed by atoms with Crippen molar-refractivity contribution >= 4 is 11.8 Å². The van der Waals surface area contributed by atoms with Crippen LogP contribution in [0.1, 0.15) is 18.1 Å². The molecule has 0 heterocycles. The van der Waals surface area contributed by atoms with Crippen LogP contribution < -0.4 is 5.73 Å². The Bertz CT molecular complexity index is 328. The summed E-state index contributed by atoms with van der Waals surface area (Å²) in [6.07, 6.45) is 0. The lowest BCUT2D eigenvalue weighted by Crippen LogP contribution is -1.99. The predicted octanol–water partition coefficient (Wildman–Crippen LogP) is 2.13. The van der Waals surface area contributed by atoms with E-state index in [-0.39, 0.29) is 0 Å². The second-order valence-electron chi connectivity index (χ2n) is 2.57. The summed E-state index contributed by atoms with van der Waals surface area (Å²) >= 11 is 1.76. The first kappa shape index (κ1) is 10.1. The highest BCUT2D eigenvalue weighted by Gasteiger charge is 2.01. The van der Waals surface area contributed by atoms with Gasteiger partial charge in [-0.1, -0.05) is 6.92 Å². The van der Waals surface area contributed by atoms with Gasteiger partial charge in [0.25, 0.3) is 0 Å². The molecule has 0 radical (unpaired) electrons. The third kappa shape index (κ3) is 2.48. The fraction of sp³-hybridized carbons (Fsp3) is 0.300. The highest BCUT2D eigenvalue weighted by Crippen LogP contribution is 2.22. The van der Waals surface area contributed by atoms with Gasteiger partial charge >= 0.3 is 0 Å². The second-order valence-corrected chi connectivity index (χ2v) is 3.88. The molecule has 0 unspecified atom stereocenters. The zero-order chi connectivity index (χ0) is 9.68. The molecule has 0 aliphatic carbocycles. The summed E-state index contributed by atoms with van der Waals surface area (Å²) in [5.74, 6) is 1.03. The van der Waals surface area contributed by atoms with Crippen LogP contribution in [-0.2, 0) is 6.54 Å². The zero-order valence-corrected chi connectivity index (χ0v) is 8.40. The molecule has 68 valence electrons. The van der Waals surface area contributed by atoms with Gasteiger partial charge < -0.3 is 5.73 Å². The van der Waals surface area contributed by atoms with Crippen molar-refractivity contribution in [2.75, 3.05) is 5.75 Å². The van der Waals surface area contributed by atoms with Gasteiger partial charge in [0.2, 0.25) is 0 Å². The van der Waals surface area contributed by atoms with E-state index in [1.54, 1.807) is 11.8 Å². The average Bonchev–Trinajstić information content (AvgIpc) is 2.19. The Hall–Kier alpha value is -0.980. The van der Waals surface area contributed by atoms with Gasteiger partial charge in [0.1, 0.15) is 0 Å². The van der Waals surface area contributed by atoms with Crippen molar-refractivity contribution in [2.24, 2.45) is 5.73 Å². The maximum atomic E-state index is 8.68. The number of rotatable bonds is 3. The van der Waals surface area contributed by atoms with Crippen molar-refractivity contribution < 1.29 is 0 Å². The van der Waals surface area contributed by atoms with E-state index >= 15 is 0 Å². The first-order valence-corrected chi connectivity index (χ1v) is 5.16. The molecule has 0 aliphatic rings. The van der Waals surface area contributed by atoms with E-state index in [1.807, 2.05) is 18.2 Å². The van der Waals surface area contributed by atoms with E-state index in [2.05, 4.69) is 13.0 Å². The van der Waals surface area contributed by atoms with Crippen LogP contribution in [0, 0.1) is 11.3 Å². The number of benzene rings is 1. The lowest BCUT2D eigenvalue weighted by Gasteiger charge is -2.05. The van der Waals surface area contributed by atoms with Crippen molar-refractivity contribution in [1.82, 2.24) is 0 Å². The van der Waals surface area contributed by atoms with Crippen LogP contribution >= 0.6 is 11.8 Å². The first-order chi connectivity index (χ1) is 6.31. The smallest absolute Gasteiger partial charge is 0.0991 e. The number of hydrogen-bond acceptors (Lipinski definition) is 3. The summed E-state index contributed by atoms with van der Waals surface area (Å²) in [6, 6.07) is 7.76. The van der Waals surface area contributed by atoms with Crippen LogP contribution in [-0.4, -0.2) is 5.75 Å². The molecule has 2 N–H and O–H groups in total. The van der Waals surface area contributed by atoms with Crippen LogP contribution in [0.3, 0.4) is 0 Å². The Balaban J connectivity index is 3.02. The minimum Gasteiger partial charge on any atom is -0.326 e. The number of thioether (sulfide) groups is 1. The van der Waals surface area contributed by atoms with Crippen molar-refractivity contribution in [1.29, 1.82) is 5.26 Å². The average molecular weight is 192 g/mol. The van der Waals surface area contributed by atoms with Crippen molar-refractivity contribution in [3.8, 4) is 6.07 Å². The van der Waals surface area contributed by atoms with E-state index in [4.69, 9.17) is 11.0 Å². The summed E-state index contributed by atoms with van der Waals surface area (Å²) in [7, 11) is 0. The fourth-order valence-electron chi connectivity index (χ4n) is 1.10. The van der Waals surface area contributed by atoms with E-state index in [0.29, 0.717) is 12.1 Å². The molecular weight excluding hydrogens is 180 g/mol. The summed E-state index contributed by atoms with van der Waals surface area (Å²) in [5.41, 5.74) is 7.32. The number of hydrogen-bond donors (Lipinski definition) is 1. The minimum absolute atomic E-state index is 0.498. The first-order valence-electron chi connectivity index (χ1n) is 4.17. The lowest BCUT2D eigenvalue weighted by atomic mass is 10.1. The van der Waals surface area contributed by atoms with Crippen LogP contribution in [0.2, 0.25) is 0 Å². The normalized spacial score (nSPS) is 9.62. The number of nitrogens with zero attached hydrogens (tertiary/aromatic N) is 1. The fourth-order valence-corrected chi connectivity index (χ4v) is 1.91.